The summed E-state index contributed by atoms with van der Waals surface area (Å²) in [6.45, 7) is 8.76. The molecule has 7 heteroatoms. The van der Waals surface area contributed by atoms with E-state index >= 15 is 0 Å². The maximum atomic E-state index is 13.2. The SMILES string of the molecule is C/C1=C/C[C@@H](c2csc(-c3ccccc3)n2)OC(=O)C[C@H](O)C(C)(C)C(=O)[C@H](C)[C@@H](O)[C@@H](C)/C=C\C1. The van der Waals surface area contributed by atoms with Crippen LogP contribution < -0.4 is 0 Å². The van der Waals surface area contributed by atoms with Gasteiger partial charge in [-0.3, -0.25) is 9.59 Å². The summed E-state index contributed by atoms with van der Waals surface area (Å²) >= 11 is 1.49. The maximum absolute atomic E-state index is 13.2. The normalized spacial score (nSPS) is 30.8. The van der Waals surface area contributed by atoms with Crippen LogP contribution >= 0.6 is 11.3 Å². The fourth-order valence-corrected chi connectivity index (χ4v) is 5.20. The van der Waals surface area contributed by atoms with E-state index in [2.05, 4.69) is 0 Å². The van der Waals surface area contributed by atoms with Crippen molar-refractivity contribution in [3.63, 3.8) is 0 Å². The minimum atomic E-state index is -1.25. The molecule has 0 aliphatic carbocycles. The summed E-state index contributed by atoms with van der Waals surface area (Å²) in [7, 11) is 0. The fraction of sp³-hybridized carbons (Fsp3) is 0.483. The number of benzene rings is 1. The Bertz CT molecular complexity index is 1100. The molecule has 0 spiro atoms. The van der Waals surface area contributed by atoms with Crippen LogP contribution in [-0.2, 0) is 14.3 Å². The van der Waals surface area contributed by atoms with Gasteiger partial charge in [0.25, 0.3) is 0 Å². The van der Waals surface area contributed by atoms with Gasteiger partial charge in [-0.1, -0.05) is 81.8 Å². The highest BCUT2D eigenvalue weighted by atomic mass is 32.1. The molecular weight excluding hydrogens is 474 g/mol. The summed E-state index contributed by atoms with van der Waals surface area (Å²) < 4.78 is 5.82. The van der Waals surface area contributed by atoms with Crippen molar-refractivity contribution >= 4 is 23.1 Å². The first-order valence-corrected chi connectivity index (χ1v) is 13.3. The third-order valence-electron chi connectivity index (χ3n) is 7.00. The highest BCUT2D eigenvalue weighted by Crippen LogP contribution is 2.33. The predicted molar refractivity (Wildman–Crippen MR) is 142 cm³/mol. The quantitative estimate of drug-likeness (QED) is 0.398. The number of rotatable bonds is 2. The second-order valence-corrected chi connectivity index (χ2v) is 11.1. The van der Waals surface area contributed by atoms with Crippen LogP contribution in [0.1, 0.15) is 65.7 Å². The molecule has 0 amide bonds. The summed E-state index contributed by atoms with van der Waals surface area (Å²) in [5, 5.41) is 24.3. The van der Waals surface area contributed by atoms with Gasteiger partial charge in [0.05, 0.1) is 29.7 Å². The second-order valence-electron chi connectivity index (χ2n) is 10.3. The number of cyclic esters (lactones) is 1. The summed E-state index contributed by atoms with van der Waals surface area (Å²) in [4.78, 5) is 30.8. The topological polar surface area (TPSA) is 96.7 Å². The predicted octanol–water partition coefficient (Wildman–Crippen LogP) is 5.67. The molecule has 1 aliphatic heterocycles. The number of carbonyl (C=O) groups excluding carboxylic acids is 2. The van der Waals surface area contributed by atoms with Crippen LogP contribution in [0.5, 0.6) is 0 Å². The molecule has 0 saturated carbocycles. The summed E-state index contributed by atoms with van der Waals surface area (Å²) in [5.41, 5.74) is 1.51. The number of ketones is 1. The van der Waals surface area contributed by atoms with Crippen molar-refractivity contribution in [3.8, 4) is 10.6 Å². The molecule has 2 aromatic rings. The first-order valence-electron chi connectivity index (χ1n) is 12.4. The lowest BCUT2D eigenvalue weighted by molar-refractivity contribution is -0.156. The number of aliphatic hydroxyl groups is 2. The van der Waals surface area contributed by atoms with E-state index in [0.717, 1.165) is 16.1 Å². The Morgan fingerprint density at radius 2 is 1.81 bits per heavy atom. The molecule has 0 saturated heterocycles. The van der Waals surface area contributed by atoms with Crippen LogP contribution in [0.3, 0.4) is 0 Å². The Hall–Kier alpha value is -2.61. The minimum Gasteiger partial charge on any atom is -0.455 e. The molecule has 0 radical (unpaired) electrons. The molecule has 0 unspecified atom stereocenters. The van der Waals surface area contributed by atoms with Crippen LogP contribution in [0.2, 0.25) is 0 Å². The van der Waals surface area contributed by atoms with Crippen molar-refractivity contribution in [2.75, 3.05) is 0 Å². The zero-order chi connectivity index (χ0) is 26.5. The molecule has 0 fully saturated rings. The Labute approximate surface area is 217 Å². The van der Waals surface area contributed by atoms with E-state index in [9.17, 15) is 19.8 Å². The largest absolute Gasteiger partial charge is 0.455 e. The summed E-state index contributed by atoms with van der Waals surface area (Å²) in [5.74, 6) is -1.82. The van der Waals surface area contributed by atoms with Gasteiger partial charge in [0.2, 0.25) is 0 Å². The number of allylic oxidation sites excluding steroid dienone is 2. The lowest BCUT2D eigenvalue weighted by atomic mass is 9.73. The highest BCUT2D eigenvalue weighted by molar-refractivity contribution is 7.13. The number of hydrogen-bond acceptors (Lipinski definition) is 7. The third-order valence-corrected chi connectivity index (χ3v) is 7.91. The number of aliphatic hydroxyl groups excluding tert-OH is 2. The van der Waals surface area contributed by atoms with Gasteiger partial charge in [-0.25, -0.2) is 4.98 Å². The molecule has 36 heavy (non-hydrogen) atoms. The monoisotopic (exact) mass is 511 g/mol. The average Bonchev–Trinajstić information content (AvgIpc) is 3.35. The maximum Gasteiger partial charge on any atom is 0.309 e. The van der Waals surface area contributed by atoms with E-state index in [1.54, 1.807) is 20.8 Å². The van der Waals surface area contributed by atoms with E-state index in [1.807, 2.05) is 67.8 Å². The van der Waals surface area contributed by atoms with E-state index in [-0.39, 0.29) is 18.1 Å². The number of Topliss-reactive ketones (excluding diaryl/α,β-unsaturated/α-hetero) is 1. The highest BCUT2D eigenvalue weighted by Gasteiger charge is 2.42. The number of carbonyl (C=O) groups is 2. The van der Waals surface area contributed by atoms with Crippen LogP contribution in [0.25, 0.3) is 10.6 Å². The molecule has 5 atom stereocenters. The zero-order valence-corrected chi connectivity index (χ0v) is 22.5. The smallest absolute Gasteiger partial charge is 0.309 e. The Morgan fingerprint density at radius 1 is 1.11 bits per heavy atom. The number of thiazole rings is 1. The number of aromatic nitrogens is 1. The Morgan fingerprint density at radius 3 is 2.50 bits per heavy atom. The van der Waals surface area contributed by atoms with Gasteiger partial charge in [0.1, 0.15) is 16.9 Å². The van der Waals surface area contributed by atoms with Crippen LogP contribution in [0.4, 0.5) is 0 Å². The van der Waals surface area contributed by atoms with Gasteiger partial charge < -0.3 is 14.9 Å². The second kappa shape index (κ2) is 12.1. The molecule has 2 N–H and O–H groups in total. The molecule has 3 rings (SSSR count). The van der Waals surface area contributed by atoms with Gasteiger partial charge in [0, 0.05) is 29.2 Å². The molecule has 1 aromatic heterocycles. The van der Waals surface area contributed by atoms with Crippen molar-refractivity contribution in [1.29, 1.82) is 0 Å². The van der Waals surface area contributed by atoms with E-state index in [4.69, 9.17) is 9.72 Å². The van der Waals surface area contributed by atoms with Crippen molar-refractivity contribution in [3.05, 3.63) is 65.2 Å². The Kier molecular flexibility index (Phi) is 9.39. The first-order chi connectivity index (χ1) is 17.0. The summed E-state index contributed by atoms with van der Waals surface area (Å²) in [6, 6.07) is 9.82. The van der Waals surface area contributed by atoms with Crippen molar-refractivity contribution < 1.29 is 24.5 Å². The van der Waals surface area contributed by atoms with Crippen molar-refractivity contribution in [1.82, 2.24) is 4.98 Å². The van der Waals surface area contributed by atoms with Crippen LogP contribution in [-0.4, -0.2) is 39.2 Å². The Balaban J connectivity index is 1.91. The van der Waals surface area contributed by atoms with Crippen molar-refractivity contribution in [2.24, 2.45) is 17.3 Å². The molecule has 1 aromatic carbocycles. The molecule has 0 bridgehead atoms. The van der Waals surface area contributed by atoms with Crippen LogP contribution in [0, 0.1) is 17.3 Å². The minimum absolute atomic E-state index is 0.235. The standard InChI is InChI=1S/C29H37NO5S/c1-18-10-9-11-19(2)26(33)20(3)27(34)29(4,5)24(31)16-25(32)35-23(15-14-18)22-17-36-28(30-22)21-12-7-6-8-13-21/h6-9,11-14,17,19-20,23-24,26,31,33H,10,15-16H2,1-5H3/b11-9-,18-14-/t19-,20+,23-,24-,26-/m0/s1. The molecule has 6 nitrogen and oxygen atoms in total. The number of nitrogens with zero attached hydrogens (tertiary/aromatic N) is 1. The summed E-state index contributed by atoms with van der Waals surface area (Å²) in [6.07, 6.45) is 3.98. The van der Waals surface area contributed by atoms with Gasteiger partial charge in [-0.2, -0.15) is 0 Å². The van der Waals surface area contributed by atoms with E-state index < -0.39 is 35.6 Å². The van der Waals surface area contributed by atoms with Gasteiger partial charge in [-0.15, -0.1) is 11.3 Å². The number of ether oxygens (including phenoxy) is 1. The number of esters is 1. The van der Waals surface area contributed by atoms with Crippen molar-refractivity contribution in [2.45, 2.75) is 72.2 Å². The van der Waals surface area contributed by atoms with Gasteiger partial charge >= 0.3 is 5.97 Å². The molecular formula is C29H37NO5S. The molecule has 1 aliphatic rings. The average molecular weight is 512 g/mol. The fourth-order valence-electron chi connectivity index (χ4n) is 4.33. The first kappa shape index (κ1) is 28.0. The van der Waals surface area contributed by atoms with E-state index in [0.29, 0.717) is 18.5 Å². The zero-order valence-electron chi connectivity index (χ0n) is 21.7. The van der Waals surface area contributed by atoms with Gasteiger partial charge in [0.15, 0.2) is 0 Å². The third kappa shape index (κ3) is 6.78. The van der Waals surface area contributed by atoms with E-state index in [1.165, 1.54) is 11.3 Å². The molecule has 194 valence electrons. The van der Waals surface area contributed by atoms with Gasteiger partial charge in [-0.05, 0) is 13.3 Å². The van der Waals surface area contributed by atoms with Crippen LogP contribution in [0.15, 0.2) is 59.5 Å². The lowest BCUT2D eigenvalue weighted by Gasteiger charge is -2.34. The molecule has 2 heterocycles. The lowest BCUT2D eigenvalue weighted by Crippen LogP contribution is -2.45. The number of hydrogen-bond donors (Lipinski definition) is 2.